The van der Waals surface area contributed by atoms with Gasteiger partial charge in [0.2, 0.25) is 11.8 Å². The third-order valence-corrected chi connectivity index (χ3v) is 11.8. The second kappa shape index (κ2) is 50.9. The number of carboxylic acid groups (broad SMARTS) is 1. The molecule has 0 saturated carbocycles. The Morgan fingerprint density at radius 1 is 0.393 bits per heavy atom. The number of carbonyl (C=O) groups excluding carboxylic acids is 3. The topological polar surface area (TPSA) is 274 Å². The molecule has 0 aromatic heterocycles. The SMILES string of the molecule is CC.CC(N)c1ccc(Cl)cc1.CC(N)c1ccc(Cl)cc1.CC(N)c1ccc(Cl)cc1.CC(N)c1ccc(Cl)cc1.COCC(=O)NC(C)c1ccc(Cl)cc1.COCC(=O)NC(C)c1ccc(Cl)cc1.COCC(=O)OC.O=C(O)CO. The lowest BCUT2D eigenvalue weighted by Gasteiger charge is -2.13. The fourth-order valence-corrected chi connectivity index (χ4v) is 6.50. The van der Waals surface area contributed by atoms with Gasteiger partial charge in [-0.1, -0.05) is 156 Å². The van der Waals surface area contributed by atoms with Crippen LogP contribution in [0, 0.1) is 0 Å². The number of hydrogen-bond acceptors (Lipinski definition) is 13. The number of halogens is 6. The van der Waals surface area contributed by atoms with Crippen LogP contribution in [0.3, 0.4) is 0 Å². The van der Waals surface area contributed by atoms with Crippen LogP contribution in [-0.2, 0) is 38.1 Å². The summed E-state index contributed by atoms with van der Waals surface area (Å²) in [4.78, 5) is 41.6. The lowest BCUT2D eigenvalue weighted by atomic mass is 10.1. The van der Waals surface area contributed by atoms with Crippen LogP contribution in [0.4, 0.5) is 0 Å². The molecule has 12 N–H and O–H groups in total. The van der Waals surface area contributed by atoms with E-state index in [2.05, 4.69) is 20.1 Å². The quantitative estimate of drug-likeness (QED) is 0.0444. The standard InChI is InChI=1S/2C11H14ClNO2.4C8H10ClN.C4H8O3.C2H4O3.C2H6/c2*1-8(13-11(14)7-15-2)9-3-5-10(12)6-4-9;4*1-6(10)7-2-4-8(9)5-3-7;1-6-3-4(5)7-2;3-1-2(4)5;1-2/h2*3-6,8H,7H2,1-2H3,(H,13,14);4*2-6H,10H2,1H3;3H2,1-2H3;3H,1H2,(H,4,5);1-2H3. The Morgan fingerprint density at radius 2 is 0.571 bits per heavy atom. The van der Waals surface area contributed by atoms with Gasteiger partial charge in [0.1, 0.15) is 26.4 Å². The maximum absolute atomic E-state index is 11.2. The fourth-order valence-electron chi connectivity index (χ4n) is 5.74. The molecular formula is C62H86Cl6N6O10. The van der Waals surface area contributed by atoms with Gasteiger partial charge >= 0.3 is 11.9 Å². The lowest BCUT2D eigenvalue weighted by Crippen LogP contribution is -2.29. The van der Waals surface area contributed by atoms with E-state index in [0.717, 1.165) is 53.5 Å². The molecule has 0 saturated heterocycles. The van der Waals surface area contributed by atoms with Crippen molar-refractivity contribution < 1.29 is 48.3 Å². The summed E-state index contributed by atoms with van der Waals surface area (Å²) in [6.07, 6.45) is 0. The predicted molar refractivity (Wildman–Crippen MR) is 346 cm³/mol. The fraction of sp³-hybridized carbons (Fsp3) is 0.355. The second-order valence-electron chi connectivity index (χ2n) is 17.5. The predicted octanol–water partition coefficient (Wildman–Crippen LogP) is 13.7. The van der Waals surface area contributed by atoms with Gasteiger partial charge in [0.15, 0.2) is 0 Å². The first-order chi connectivity index (χ1) is 39.6. The first-order valence-electron chi connectivity index (χ1n) is 26.1. The number of aliphatic hydroxyl groups is 1. The van der Waals surface area contributed by atoms with Crippen LogP contribution in [-0.4, -0.2) is 88.8 Å². The van der Waals surface area contributed by atoms with E-state index in [1.54, 1.807) is 24.3 Å². The van der Waals surface area contributed by atoms with Crippen molar-refractivity contribution in [2.45, 2.75) is 91.6 Å². The van der Waals surface area contributed by atoms with E-state index in [9.17, 15) is 14.4 Å². The van der Waals surface area contributed by atoms with E-state index < -0.39 is 12.6 Å². The number of hydrogen-bond donors (Lipinski definition) is 8. The zero-order valence-electron chi connectivity index (χ0n) is 49.9. The van der Waals surface area contributed by atoms with Gasteiger partial charge in [-0.3, -0.25) is 9.59 Å². The van der Waals surface area contributed by atoms with Crippen LogP contribution in [0.25, 0.3) is 0 Å². The van der Waals surface area contributed by atoms with E-state index >= 15 is 0 Å². The van der Waals surface area contributed by atoms with Crippen LogP contribution >= 0.6 is 69.6 Å². The van der Waals surface area contributed by atoms with Crippen molar-refractivity contribution in [2.24, 2.45) is 22.9 Å². The first kappa shape index (κ1) is 82.8. The van der Waals surface area contributed by atoms with Gasteiger partial charge in [0.25, 0.3) is 0 Å². The zero-order valence-corrected chi connectivity index (χ0v) is 54.4. The highest BCUT2D eigenvalue weighted by molar-refractivity contribution is 6.32. The minimum Gasteiger partial charge on any atom is -0.480 e. The Labute approximate surface area is 527 Å². The molecule has 0 spiro atoms. The molecule has 6 aromatic rings. The average Bonchev–Trinajstić information content (AvgIpc) is 3.52. The summed E-state index contributed by atoms with van der Waals surface area (Å²) in [6, 6.07) is 45.3. The molecule has 466 valence electrons. The van der Waals surface area contributed by atoms with Gasteiger partial charge in [0.05, 0.1) is 19.2 Å². The molecule has 6 aromatic carbocycles. The van der Waals surface area contributed by atoms with Crippen LogP contribution < -0.4 is 33.6 Å². The zero-order chi connectivity index (χ0) is 64.7. The molecule has 2 amide bonds. The van der Waals surface area contributed by atoms with E-state index in [-0.39, 0.29) is 73.9 Å². The third-order valence-electron chi connectivity index (χ3n) is 10.3. The molecule has 0 radical (unpaired) electrons. The number of aliphatic hydroxyl groups excluding tert-OH is 1. The molecule has 6 rings (SSSR count). The van der Waals surface area contributed by atoms with Crippen LogP contribution in [0.1, 0.15) is 125 Å². The number of nitrogens with two attached hydrogens (primary N) is 4. The molecular weight excluding hydrogens is 1200 g/mol. The number of ether oxygens (including phenoxy) is 4. The second-order valence-corrected chi connectivity index (χ2v) is 20.1. The van der Waals surface area contributed by atoms with Gasteiger partial charge in [-0.15, -0.1) is 0 Å². The smallest absolute Gasteiger partial charge is 0.331 e. The van der Waals surface area contributed by atoms with Gasteiger partial charge < -0.3 is 62.7 Å². The molecule has 0 aliphatic heterocycles. The van der Waals surface area contributed by atoms with Crippen molar-refractivity contribution >= 4 is 93.4 Å². The Balaban J connectivity index is -0.000000904. The summed E-state index contributed by atoms with van der Waals surface area (Å²) >= 11 is 34.2. The highest BCUT2D eigenvalue weighted by atomic mass is 35.5. The van der Waals surface area contributed by atoms with Crippen molar-refractivity contribution in [1.29, 1.82) is 0 Å². The highest BCUT2D eigenvalue weighted by Crippen LogP contribution is 2.19. The Kier molecular flexibility index (Phi) is 50.2. The summed E-state index contributed by atoms with van der Waals surface area (Å²) in [5.74, 6) is -1.78. The highest BCUT2D eigenvalue weighted by Gasteiger charge is 2.10. The first-order valence-corrected chi connectivity index (χ1v) is 28.4. The molecule has 6 unspecified atom stereocenters. The number of esters is 1. The van der Waals surface area contributed by atoms with Crippen molar-refractivity contribution in [3.05, 3.63) is 209 Å². The lowest BCUT2D eigenvalue weighted by molar-refractivity contribution is -0.145. The summed E-state index contributed by atoms with van der Waals surface area (Å²) in [5, 5.41) is 25.0. The number of amides is 2. The Morgan fingerprint density at radius 3 is 0.702 bits per heavy atom. The number of rotatable bonds is 15. The van der Waals surface area contributed by atoms with Gasteiger partial charge in [-0.05, 0) is 148 Å². The van der Waals surface area contributed by atoms with Crippen LogP contribution in [0.2, 0.25) is 30.1 Å². The Hall–Kier alpha value is -5.38. The number of aliphatic carboxylic acids is 1. The third kappa shape index (κ3) is 44.1. The molecule has 0 bridgehead atoms. The molecule has 84 heavy (non-hydrogen) atoms. The number of nitrogens with one attached hydrogen (secondary N) is 2. The van der Waals surface area contributed by atoms with Crippen molar-refractivity contribution in [3.8, 4) is 0 Å². The van der Waals surface area contributed by atoms with E-state index in [1.807, 2.05) is 177 Å². The number of carboxylic acids is 1. The monoisotopic (exact) mass is 1280 g/mol. The summed E-state index contributed by atoms with van der Waals surface area (Å²) in [5.41, 5.74) is 29.0. The van der Waals surface area contributed by atoms with E-state index in [4.69, 9.17) is 117 Å². The van der Waals surface area contributed by atoms with Crippen molar-refractivity contribution in [1.82, 2.24) is 10.6 Å². The summed E-state index contributed by atoms with van der Waals surface area (Å²) < 4.78 is 18.1. The Bertz CT molecular complexity index is 2360. The molecule has 0 heterocycles. The summed E-state index contributed by atoms with van der Waals surface area (Å²) in [6.45, 7) is 15.0. The maximum atomic E-state index is 11.2. The van der Waals surface area contributed by atoms with E-state index in [0.29, 0.717) is 10.0 Å². The van der Waals surface area contributed by atoms with Gasteiger partial charge in [-0.25, -0.2) is 9.59 Å². The van der Waals surface area contributed by atoms with Gasteiger partial charge in [0, 0.05) is 75.6 Å². The normalized spacial score (nSPS) is 11.8. The van der Waals surface area contributed by atoms with Crippen molar-refractivity contribution in [3.63, 3.8) is 0 Å². The average molecular weight is 1290 g/mol. The molecule has 0 aliphatic rings. The molecule has 6 atom stereocenters. The van der Waals surface area contributed by atoms with Gasteiger partial charge in [-0.2, -0.15) is 0 Å². The largest absolute Gasteiger partial charge is 0.480 e. The molecule has 0 aliphatic carbocycles. The van der Waals surface area contributed by atoms with Crippen LogP contribution in [0.5, 0.6) is 0 Å². The minimum absolute atomic E-state index is 0.0371. The van der Waals surface area contributed by atoms with Crippen LogP contribution in [0.15, 0.2) is 146 Å². The molecule has 0 fully saturated rings. The number of methoxy groups -OCH3 is 4. The van der Waals surface area contributed by atoms with E-state index in [1.165, 1.54) is 28.4 Å². The maximum Gasteiger partial charge on any atom is 0.331 e. The number of benzene rings is 6. The summed E-state index contributed by atoms with van der Waals surface area (Å²) in [7, 11) is 5.75. The number of carbonyl (C=O) groups is 4. The molecule has 16 nitrogen and oxygen atoms in total. The minimum atomic E-state index is -1.19. The molecule has 22 heteroatoms. The van der Waals surface area contributed by atoms with Crippen molar-refractivity contribution in [2.75, 3.05) is 54.9 Å².